The first-order valence-corrected chi connectivity index (χ1v) is 8.05. The molecule has 1 saturated carbocycles. The summed E-state index contributed by atoms with van der Waals surface area (Å²) < 4.78 is 0. The molecule has 1 amide bonds. The van der Waals surface area contributed by atoms with E-state index in [1.165, 1.54) is 5.56 Å². The predicted octanol–water partition coefficient (Wildman–Crippen LogP) is 2.84. The second kappa shape index (κ2) is 7.42. The number of carbonyl (C=O) groups is 1. The summed E-state index contributed by atoms with van der Waals surface area (Å²) in [6.45, 7) is 4.53. The van der Waals surface area contributed by atoms with Gasteiger partial charge in [0.15, 0.2) is 0 Å². The minimum atomic E-state index is -0.792. The van der Waals surface area contributed by atoms with Crippen LogP contribution in [0.2, 0.25) is 0 Å². The van der Waals surface area contributed by atoms with Crippen LogP contribution in [0.25, 0.3) is 0 Å². The molecule has 0 spiro atoms. The normalized spacial score (nSPS) is 16.5. The monoisotopic (exact) mass is 299 g/mol. The van der Waals surface area contributed by atoms with Crippen LogP contribution in [0.15, 0.2) is 24.3 Å². The average molecular weight is 299 g/mol. The Kier molecular flexibility index (Phi) is 5.57. The summed E-state index contributed by atoms with van der Waals surface area (Å²) in [5.74, 6) is -0.108. The van der Waals surface area contributed by atoms with Gasteiger partial charge in [-0.05, 0) is 37.6 Å². The van der Waals surface area contributed by atoms with Crippen LogP contribution in [0.1, 0.15) is 43.7 Å². The molecule has 1 fully saturated rings. The van der Waals surface area contributed by atoms with Crippen molar-refractivity contribution >= 4 is 5.91 Å². The molecule has 0 unspecified atom stereocenters. The molecule has 0 aromatic heterocycles. The van der Waals surface area contributed by atoms with Gasteiger partial charge in [-0.1, -0.05) is 44.0 Å². The summed E-state index contributed by atoms with van der Waals surface area (Å²) in [7, 11) is 2.09. The summed E-state index contributed by atoms with van der Waals surface area (Å²) >= 11 is 0. The van der Waals surface area contributed by atoms with Gasteiger partial charge in [0.2, 0.25) is 5.91 Å². The first kappa shape index (κ1) is 16.5. The lowest BCUT2D eigenvalue weighted by atomic mass is 9.87. The van der Waals surface area contributed by atoms with Crippen LogP contribution < -0.4 is 5.32 Å². The van der Waals surface area contributed by atoms with Crippen molar-refractivity contribution < 1.29 is 4.79 Å². The van der Waals surface area contributed by atoms with Gasteiger partial charge in [-0.3, -0.25) is 4.79 Å². The molecular weight excluding hydrogens is 274 g/mol. The Bertz CT molecular complexity index is 556. The van der Waals surface area contributed by atoms with Gasteiger partial charge < -0.3 is 10.2 Å². The molecule has 0 bridgehead atoms. The first-order valence-electron chi connectivity index (χ1n) is 8.05. The van der Waals surface area contributed by atoms with Crippen molar-refractivity contribution in [2.24, 2.45) is 5.41 Å². The van der Waals surface area contributed by atoms with Crippen LogP contribution in [-0.4, -0.2) is 24.4 Å². The van der Waals surface area contributed by atoms with Gasteiger partial charge in [-0.25, -0.2) is 0 Å². The highest BCUT2D eigenvalue weighted by molar-refractivity contribution is 5.85. The summed E-state index contributed by atoms with van der Waals surface area (Å²) in [6, 6.07) is 10.5. The van der Waals surface area contributed by atoms with Crippen molar-refractivity contribution in [1.29, 1.82) is 5.26 Å². The Hall–Kier alpha value is -1.86. The maximum absolute atomic E-state index is 12.3. The Morgan fingerprint density at radius 1 is 1.36 bits per heavy atom. The number of carbonyl (C=O) groups excluding carboxylic acids is 1. The molecule has 0 aliphatic heterocycles. The minimum absolute atomic E-state index is 0.108. The second-order valence-electron chi connectivity index (χ2n) is 6.23. The van der Waals surface area contributed by atoms with Crippen LogP contribution in [0, 0.1) is 16.7 Å². The Morgan fingerprint density at radius 2 is 2.05 bits per heavy atom. The molecular formula is C18H25N3O. The number of hydrogen-bond donors (Lipinski definition) is 1. The lowest BCUT2D eigenvalue weighted by Gasteiger charge is -2.19. The third-order valence-electron chi connectivity index (χ3n) is 4.54. The van der Waals surface area contributed by atoms with E-state index < -0.39 is 5.41 Å². The van der Waals surface area contributed by atoms with Gasteiger partial charge in [0.1, 0.15) is 5.41 Å². The highest BCUT2D eigenvalue weighted by Crippen LogP contribution is 2.37. The predicted molar refractivity (Wildman–Crippen MR) is 86.8 cm³/mol. The van der Waals surface area contributed by atoms with Crippen LogP contribution >= 0.6 is 0 Å². The summed E-state index contributed by atoms with van der Waals surface area (Å²) in [5, 5.41) is 12.3. The molecule has 1 aliphatic carbocycles. The smallest absolute Gasteiger partial charge is 0.240 e. The van der Waals surface area contributed by atoms with Gasteiger partial charge >= 0.3 is 0 Å². The first-order chi connectivity index (χ1) is 10.6. The third kappa shape index (κ3) is 3.86. The van der Waals surface area contributed by atoms with Crippen LogP contribution in [0.5, 0.6) is 0 Å². The molecule has 0 saturated heterocycles. The molecule has 2 rings (SSSR count). The topological polar surface area (TPSA) is 56.1 Å². The van der Waals surface area contributed by atoms with Crippen LogP contribution in [0.4, 0.5) is 0 Å². The summed E-state index contributed by atoms with van der Waals surface area (Å²) in [6.07, 6.45) is 3.33. The van der Waals surface area contributed by atoms with E-state index in [-0.39, 0.29) is 5.91 Å². The lowest BCUT2D eigenvalue weighted by molar-refractivity contribution is -0.128. The maximum Gasteiger partial charge on any atom is 0.240 e. The largest absolute Gasteiger partial charge is 0.351 e. The highest BCUT2D eigenvalue weighted by Gasteiger charge is 2.41. The zero-order valence-corrected chi connectivity index (χ0v) is 13.6. The molecule has 0 radical (unpaired) electrons. The van der Waals surface area contributed by atoms with Crippen molar-refractivity contribution in [3.8, 4) is 6.07 Å². The molecule has 4 nitrogen and oxygen atoms in total. The fourth-order valence-electron chi connectivity index (χ4n) is 2.98. The molecule has 1 aromatic carbocycles. The molecule has 1 aromatic rings. The zero-order valence-electron chi connectivity index (χ0n) is 13.6. The molecule has 0 atom stereocenters. The zero-order chi connectivity index (χ0) is 16.0. The standard InChI is InChI=1S/C18H25N3O/c1-3-21(2)13-16-8-6-7-15(11-16)12-20-17(22)18(14-19)9-4-5-10-18/h6-8,11H,3-5,9-10,12-13H2,1-2H3,(H,20,22). The fourth-order valence-corrected chi connectivity index (χ4v) is 2.98. The minimum Gasteiger partial charge on any atom is -0.351 e. The molecule has 0 heterocycles. The number of amides is 1. The number of hydrogen-bond acceptors (Lipinski definition) is 3. The van der Waals surface area contributed by atoms with Crippen molar-refractivity contribution in [2.45, 2.75) is 45.7 Å². The summed E-state index contributed by atoms with van der Waals surface area (Å²) in [5.41, 5.74) is 1.54. The van der Waals surface area contributed by atoms with E-state index in [9.17, 15) is 10.1 Å². The lowest BCUT2D eigenvalue weighted by Crippen LogP contribution is -2.37. The van der Waals surface area contributed by atoms with E-state index in [1.54, 1.807) is 0 Å². The number of rotatable bonds is 6. The Labute approximate surface area is 133 Å². The molecule has 1 aliphatic rings. The molecule has 4 heteroatoms. The number of nitrogens with zero attached hydrogens (tertiary/aromatic N) is 2. The van der Waals surface area contributed by atoms with Gasteiger partial charge in [-0.15, -0.1) is 0 Å². The Morgan fingerprint density at radius 3 is 2.68 bits per heavy atom. The van der Waals surface area contributed by atoms with Gasteiger partial charge in [0.05, 0.1) is 6.07 Å². The van der Waals surface area contributed by atoms with E-state index in [0.717, 1.165) is 31.5 Å². The van der Waals surface area contributed by atoms with Crippen LogP contribution in [-0.2, 0) is 17.9 Å². The molecule has 22 heavy (non-hydrogen) atoms. The third-order valence-corrected chi connectivity index (χ3v) is 4.54. The average Bonchev–Trinajstić information content (AvgIpc) is 3.03. The van der Waals surface area contributed by atoms with Crippen molar-refractivity contribution in [1.82, 2.24) is 10.2 Å². The van der Waals surface area contributed by atoms with E-state index >= 15 is 0 Å². The SMILES string of the molecule is CCN(C)Cc1cccc(CNC(=O)C2(C#N)CCCC2)c1. The number of nitriles is 1. The quantitative estimate of drug-likeness (QED) is 0.878. The van der Waals surface area contributed by atoms with Gasteiger partial charge in [0.25, 0.3) is 0 Å². The molecule has 1 N–H and O–H groups in total. The van der Waals surface area contributed by atoms with Gasteiger partial charge in [0, 0.05) is 13.1 Å². The van der Waals surface area contributed by atoms with E-state index in [2.05, 4.69) is 42.4 Å². The van der Waals surface area contributed by atoms with E-state index in [0.29, 0.717) is 19.4 Å². The van der Waals surface area contributed by atoms with E-state index in [1.807, 2.05) is 12.1 Å². The fraction of sp³-hybridized carbons (Fsp3) is 0.556. The second-order valence-corrected chi connectivity index (χ2v) is 6.23. The molecule has 118 valence electrons. The number of nitrogens with one attached hydrogen (secondary N) is 1. The van der Waals surface area contributed by atoms with E-state index in [4.69, 9.17) is 0 Å². The summed E-state index contributed by atoms with van der Waals surface area (Å²) in [4.78, 5) is 14.6. The Balaban J connectivity index is 1.95. The van der Waals surface area contributed by atoms with Crippen molar-refractivity contribution in [3.63, 3.8) is 0 Å². The van der Waals surface area contributed by atoms with Gasteiger partial charge in [-0.2, -0.15) is 5.26 Å². The van der Waals surface area contributed by atoms with Crippen molar-refractivity contribution in [2.75, 3.05) is 13.6 Å². The highest BCUT2D eigenvalue weighted by atomic mass is 16.2. The maximum atomic E-state index is 12.3. The van der Waals surface area contributed by atoms with Crippen LogP contribution in [0.3, 0.4) is 0 Å². The van der Waals surface area contributed by atoms with Crippen molar-refractivity contribution in [3.05, 3.63) is 35.4 Å². The number of benzene rings is 1.